The van der Waals surface area contributed by atoms with Gasteiger partial charge in [0.05, 0.1) is 13.2 Å². The van der Waals surface area contributed by atoms with Gasteiger partial charge in [0.15, 0.2) is 11.5 Å². The molecule has 1 aliphatic rings. The maximum Gasteiger partial charge on any atom is 0.484 e. The molecule has 9 nitrogen and oxygen atoms in total. The van der Waals surface area contributed by atoms with Crippen molar-refractivity contribution in [3.8, 4) is 11.5 Å². The fourth-order valence-corrected chi connectivity index (χ4v) is 3.49. The first kappa shape index (κ1) is 19.9. The van der Waals surface area contributed by atoms with E-state index in [1.807, 2.05) is 6.07 Å². The molecule has 0 unspecified atom stereocenters. The van der Waals surface area contributed by atoms with Crippen LogP contribution in [0.2, 0.25) is 0 Å². The van der Waals surface area contributed by atoms with Crippen LogP contribution in [0.15, 0.2) is 24.3 Å². The second-order valence-corrected chi connectivity index (χ2v) is 6.81. The normalized spacial score (nSPS) is 12.8. The molecule has 1 aromatic rings. The Kier molecular flexibility index (Phi) is 7.12. The fraction of sp³-hybridized carbons (Fsp3) is 0.375. The first-order valence-corrected chi connectivity index (χ1v) is 9.43. The molecule has 10 heteroatoms. The summed E-state index contributed by atoms with van der Waals surface area (Å²) in [5, 5.41) is 0. The third-order valence-corrected chi connectivity index (χ3v) is 5.14. The van der Waals surface area contributed by atoms with Gasteiger partial charge in [-0.2, -0.15) is 0 Å². The van der Waals surface area contributed by atoms with Crippen molar-refractivity contribution in [2.24, 2.45) is 0 Å². The molecule has 0 radical (unpaired) electrons. The third-order valence-electron chi connectivity index (χ3n) is 3.15. The number of carbonyl (C=O) groups is 1. The van der Waals surface area contributed by atoms with Crippen LogP contribution >= 0.6 is 7.60 Å². The molecule has 0 spiro atoms. The van der Waals surface area contributed by atoms with E-state index in [9.17, 15) is 9.36 Å². The van der Waals surface area contributed by atoms with Crippen molar-refractivity contribution in [3.05, 3.63) is 35.4 Å². The molecule has 0 aromatic heterocycles. The summed E-state index contributed by atoms with van der Waals surface area (Å²) in [5.41, 5.74) is 9.04. The molecule has 140 valence electrons. The van der Waals surface area contributed by atoms with E-state index < -0.39 is 19.0 Å². The van der Waals surface area contributed by atoms with E-state index in [-0.39, 0.29) is 26.6 Å². The molecular formula is C16H19N2O7P. The van der Waals surface area contributed by atoms with Crippen molar-refractivity contribution < 1.29 is 37.4 Å². The molecule has 26 heavy (non-hydrogen) atoms. The van der Waals surface area contributed by atoms with Gasteiger partial charge in [-0.1, -0.05) is 12.1 Å². The van der Waals surface area contributed by atoms with Crippen molar-refractivity contribution in [3.63, 3.8) is 0 Å². The van der Waals surface area contributed by atoms with Gasteiger partial charge in [0.25, 0.3) is 0 Å². The minimum atomic E-state index is -4.03. The number of nitrogens with zero attached hydrogens (tertiary/aromatic N) is 2. The zero-order valence-corrected chi connectivity index (χ0v) is 15.3. The Morgan fingerprint density at radius 2 is 1.96 bits per heavy atom. The van der Waals surface area contributed by atoms with Crippen LogP contribution in [0, 0.1) is 0 Å². The van der Waals surface area contributed by atoms with E-state index in [1.165, 1.54) is 0 Å². The predicted molar refractivity (Wildman–Crippen MR) is 92.0 cm³/mol. The minimum Gasteiger partial charge on any atom is -0.454 e. The van der Waals surface area contributed by atoms with Crippen LogP contribution in [0.1, 0.15) is 19.4 Å². The van der Waals surface area contributed by atoms with Crippen molar-refractivity contribution in [1.82, 2.24) is 0 Å². The standard InChI is InChI=1S/C16H19N2O7P/c1-3-24-26(20,25-4-2)15(18-17)16(19)21-9-5-6-12-7-8-13-14(10-12)23-11-22-13/h5-8,10H,3-4,9,11H2,1-2H3/b6-5+. The molecule has 1 aromatic carbocycles. The van der Waals surface area contributed by atoms with E-state index >= 15 is 0 Å². The molecule has 2 rings (SSSR count). The molecule has 0 saturated carbocycles. The summed E-state index contributed by atoms with van der Waals surface area (Å²) < 4.78 is 37.8. The van der Waals surface area contributed by atoms with Crippen molar-refractivity contribution in [1.29, 1.82) is 0 Å². The first-order valence-electron chi connectivity index (χ1n) is 7.89. The molecule has 0 bridgehead atoms. The van der Waals surface area contributed by atoms with Gasteiger partial charge >= 0.3 is 19.0 Å². The summed E-state index contributed by atoms with van der Waals surface area (Å²) in [6, 6.07) is 5.36. The van der Waals surface area contributed by atoms with Gasteiger partial charge in [-0.25, -0.2) is 9.36 Å². The lowest BCUT2D eigenvalue weighted by Crippen LogP contribution is -2.21. The quantitative estimate of drug-likeness (QED) is 0.212. The summed E-state index contributed by atoms with van der Waals surface area (Å²) in [5.74, 6) is 0.209. The monoisotopic (exact) mass is 382 g/mol. The van der Waals surface area contributed by atoms with Crippen LogP contribution in [-0.4, -0.2) is 42.8 Å². The van der Waals surface area contributed by atoms with Crippen molar-refractivity contribution in [2.75, 3.05) is 26.6 Å². The Morgan fingerprint density at radius 3 is 2.62 bits per heavy atom. The number of hydrogen-bond donors (Lipinski definition) is 0. The molecule has 0 fully saturated rings. The second kappa shape index (κ2) is 9.31. The molecule has 1 heterocycles. The number of esters is 1. The minimum absolute atomic E-state index is 0.00753. The van der Waals surface area contributed by atoms with Gasteiger partial charge < -0.3 is 28.8 Å². The predicted octanol–water partition coefficient (Wildman–Crippen LogP) is 2.87. The average molecular weight is 382 g/mol. The SMILES string of the molecule is CCOP(=O)(OCC)C(=[N+]=[N-])C(=O)OC/C=C/c1ccc2c(c1)OCO2. The van der Waals surface area contributed by atoms with Crippen LogP contribution in [0.25, 0.3) is 11.6 Å². The molecule has 1 aliphatic heterocycles. The van der Waals surface area contributed by atoms with E-state index in [1.54, 1.807) is 38.1 Å². The summed E-state index contributed by atoms with van der Waals surface area (Å²) in [6.45, 7) is 3.20. The van der Waals surface area contributed by atoms with Crippen LogP contribution in [-0.2, 0) is 23.1 Å². The second-order valence-electron chi connectivity index (χ2n) is 4.87. The molecule has 0 saturated heterocycles. The molecule has 0 aliphatic carbocycles. The lowest BCUT2D eigenvalue weighted by molar-refractivity contribution is -0.138. The fourth-order valence-electron chi connectivity index (χ4n) is 2.10. The average Bonchev–Trinajstić information content (AvgIpc) is 3.07. The summed E-state index contributed by atoms with van der Waals surface area (Å²) in [4.78, 5) is 14.8. The molecule has 0 N–H and O–H groups in total. The highest BCUT2D eigenvalue weighted by atomic mass is 31.2. The maximum atomic E-state index is 12.5. The topological polar surface area (TPSA) is 117 Å². The summed E-state index contributed by atoms with van der Waals surface area (Å²) in [7, 11) is -4.03. The van der Waals surface area contributed by atoms with Crippen molar-refractivity contribution in [2.45, 2.75) is 13.8 Å². The van der Waals surface area contributed by atoms with Gasteiger partial charge in [-0.3, -0.25) is 0 Å². The largest absolute Gasteiger partial charge is 0.484 e. The first-order chi connectivity index (χ1) is 12.5. The van der Waals surface area contributed by atoms with Gasteiger partial charge in [0, 0.05) is 0 Å². The van der Waals surface area contributed by atoms with Gasteiger partial charge in [-0.05, 0) is 37.6 Å². The van der Waals surface area contributed by atoms with Gasteiger partial charge in [-0.15, -0.1) is 4.79 Å². The molecule has 0 atom stereocenters. The van der Waals surface area contributed by atoms with Crippen LogP contribution in [0.4, 0.5) is 0 Å². The van der Waals surface area contributed by atoms with E-state index in [2.05, 4.69) is 4.79 Å². The lowest BCUT2D eigenvalue weighted by atomic mass is 10.2. The summed E-state index contributed by atoms with van der Waals surface area (Å²) in [6.07, 6.45) is 3.27. The number of fused-ring (bicyclic) bond motifs is 1. The van der Waals surface area contributed by atoms with E-state index in [4.69, 9.17) is 28.8 Å². The lowest BCUT2D eigenvalue weighted by Gasteiger charge is -2.11. The molecule has 0 amide bonds. The highest BCUT2D eigenvalue weighted by Crippen LogP contribution is 2.49. The third kappa shape index (κ3) is 4.80. The Morgan fingerprint density at radius 1 is 1.27 bits per heavy atom. The highest BCUT2D eigenvalue weighted by Gasteiger charge is 2.47. The zero-order valence-electron chi connectivity index (χ0n) is 14.4. The highest BCUT2D eigenvalue weighted by molar-refractivity contribution is 7.74. The van der Waals surface area contributed by atoms with Gasteiger partial charge in [0.1, 0.15) is 6.61 Å². The smallest absolute Gasteiger partial charge is 0.454 e. The number of carbonyl (C=O) groups excluding carboxylic acids is 1. The van der Waals surface area contributed by atoms with Crippen LogP contribution in [0.3, 0.4) is 0 Å². The number of hydrogen-bond acceptors (Lipinski definition) is 7. The Balaban J connectivity index is 1.96. The number of benzene rings is 1. The van der Waals surface area contributed by atoms with E-state index in [0.717, 1.165) is 5.56 Å². The van der Waals surface area contributed by atoms with Crippen LogP contribution in [0.5, 0.6) is 11.5 Å². The Labute approximate surface area is 150 Å². The van der Waals surface area contributed by atoms with Crippen molar-refractivity contribution >= 4 is 25.1 Å². The van der Waals surface area contributed by atoms with Crippen LogP contribution < -0.4 is 9.47 Å². The Hall–Kier alpha value is -2.44. The maximum absolute atomic E-state index is 12.5. The summed E-state index contributed by atoms with van der Waals surface area (Å²) >= 11 is 0. The molecular weight excluding hydrogens is 363 g/mol. The van der Waals surface area contributed by atoms with E-state index in [0.29, 0.717) is 11.5 Å². The van der Waals surface area contributed by atoms with Gasteiger partial charge in [0.2, 0.25) is 6.79 Å². The number of rotatable bonds is 9. The number of ether oxygens (including phenoxy) is 3. The zero-order chi connectivity index (χ0) is 19.0. The Bertz CT molecular complexity index is 777.